The lowest BCUT2D eigenvalue weighted by atomic mass is 9.94. The highest BCUT2D eigenvalue weighted by atomic mass is 16.1. The van der Waals surface area contributed by atoms with Gasteiger partial charge in [-0.05, 0) is 30.9 Å². The lowest BCUT2D eigenvalue weighted by Crippen LogP contribution is -2.24. The van der Waals surface area contributed by atoms with E-state index in [-0.39, 0.29) is 17.4 Å². The second-order valence-corrected chi connectivity index (χ2v) is 4.79. The summed E-state index contributed by atoms with van der Waals surface area (Å²) in [7, 11) is 0. The Labute approximate surface area is 106 Å². The molecule has 1 atom stereocenters. The Balaban J connectivity index is 2.49. The van der Waals surface area contributed by atoms with E-state index in [2.05, 4.69) is 29.4 Å². The van der Waals surface area contributed by atoms with Gasteiger partial charge >= 0.3 is 0 Å². The first-order valence-electron chi connectivity index (χ1n) is 6.07. The van der Waals surface area contributed by atoms with Gasteiger partial charge in [-0.3, -0.25) is 9.59 Å². The summed E-state index contributed by atoms with van der Waals surface area (Å²) in [6, 6.07) is 2.79. The van der Waals surface area contributed by atoms with Crippen molar-refractivity contribution in [3.8, 4) is 0 Å². The van der Waals surface area contributed by atoms with E-state index >= 15 is 0 Å². The Morgan fingerprint density at radius 1 is 1.50 bits per heavy atom. The standard InChI is InChI=1S/C12H20N4O2/c1-8(2)5-9(7-13)6-12(18)14-10-3-4-11(17)16-15-10/h3-4,8-9H,5-7,13H2,1-2H3,(H,16,17)(H,14,15,18)/t9-/m0/s1. The van der Waals surface area contributed by atoms with Crippen LogP contribution in [-0.2, 0) is 4.79 Å². The molecule has 1 aromatic rings. The summed E-state index contributed by atoms with van der Waals surface area (Å²) >= 11 is 0. The van der Waals surface area contributed by atoms with Crippen molar-refractivity contribution in [1.82, 2.24) is 10.2 Å². The van der Waals surface area contributed by atoms with Gasteiger partial charge in [0.1, 0.15) is 0 Å². The smallest absolute Gasteiger partial charge is 0.264 e. The topological polar surface area (TPSA) is 101 Å². The highest BCUT2D eigenvalue weighted by Gasteiger charge is 2.14. The third kappa shape index (κ3) is 5.09. The van der Waals surface area contributed by atoms with Gasteiger partial charge in [-0.25, -0.2) is 5.10 Å². The zero-order valence-corrected chi connectivity index (χ0v) is 10.8. The maximum absolute atomic E-state index is 11.7. The number of H-pyrrole nitrogens is 1. The molecule has 0 spiro atoms. The number of carbonyl (C=O) groups is 1. The molecule has 1 amide bonds. The summed E-state index contributed by atoms with van der Waals surface area (Å²) in [4.78, 5) is 22.6. The zero-order valence-electron chi connectivity index (χ0n) is 10.8. The van der Waals surface area contributed by atoms with Crippen LogP contribution in [-0.4, -0.2) is 22.6 Å². The molecule has 0 aliphatic rings. The molecule has 0 fully saturated rings. The Bertz CT molecular complexity index is 421. The lowest BCUT2D eigenvalue weighted by Gasteiger charge is -2.16. The molecule has 0 unspecified atom stereocenters. The SMILES string of the molecule is CC(C)C[C@H](CN)CC(=O)Nc1ccc(=O)[nH]n1. The molecule has 0 saturated carbocycles. The maximum atomic E-state index is 11.7. The predicted molar refractivity (Wildman–Crippen MR) is 70.1 cm³/mol. The Hall–Kier alpha value is -1.69. The normalized spacial score (nSPS) is 12.4. The van der Waals surface area contributed by atoms with Crippen molar-refractivity contribution in [3.05, 3.63) is 22.5 Å². The van der Waals surface area contributed by atoms with Crippen molar-refractivity contribution in [2.45, 2.75) is 26.7 Å². The number of amides is 1. The molecule has 4 N–H and O–H groups in total. The van der Waals surface area contributed by atoms with Crippen LogP contribution in [0.4, 0.5) is 5.82 Å². The van der Waals surface area contributed by atoms with E-state index in [1.165, 1.54) is 12.1 Å². The number of aromatic nitrogens is 2. The Morgan fingerprint density at radius 2 is 2.22 bits per heavy atom. The fourth-order valence-electron chi connectivity index (χ4n) is 1.80. The molecule has 0 aliphatic carbocycles. The quantitative estimate of drug-likeness (QED) is 0.694. The van der Waals surface area contributed by atoms with E-state index in [1.807, 2.05) is 0 Å². The minimum absolute atomic E-state index is 0.134. The lowest BCUT2D eigenvalue weighted by molar-refractivity contribution is -0.117. The van der Waals surface area contributed by atoms with Crippen LogP contribution in [0.1, 0.15) is 26.7 Å². The molecule has 0 aromatic carbocycles. The zero-order chi connectivity index (χ0) is 13.5. The van der Waals surface area contributed by atoms with Crippen LogP contribution in [0.25, 0.3) is 0 Å². The minimum atomic E-state index is -0.298. The molecule has 6 nitrogen and oxygen atoms in total. The summed E-state index contributed by atoms with van der Waals surface area (Å²) in [5.74, 6) is 0.899. The molecule has 1 aromatic heterocycles. The van der Waals surface area contributed by atoms with Crippen LogP contribution < -0.4 is 16.6 Å². The van der Waals surface area contributed by atoms with Gasteiger partial charge in [-0.1, -0.05) is 13.8 Å². The van der Waals surface area contributed by atoms with Crippen LogP contribution >= 0.6 is 0 Å². The van der Waals surface area contributed by atoms with E-state index in [9.17, 15) is 9.59 Å². The predicted octanol–water partition coefficient (Wildman–Crippen LogP) is 0.719. The molecule has 18 heavy (non-hydrogen) atoms. The molecule has 0 bridgehead atoms. The molecule has 0 saturated heterocycles. The van der Waals surface area contributed by atoms with Gasteiger partial charge < -0.3 is 11.1 Å². The second-order valence-electron chi connectivity index (χ2n) is 4.79. The monoisotopic (exact) mass is 252 g/mol. The van der Waals surface area contributed by atoms with Crippen molar-refractivity contribution in [2.24, 2.45) is 17.6 Å². The summed E-state index contributed by atoms with van der Waals surface area (Å²) in [6.07, 6.45) is 1.29. The number of carbonyl (C=O) groups excluding carboxylic acids is 1. The molecule has 0 aliphatic heterocycles. The first-order chi connectivity index (χ1) is 8.51. The molecule has 6 heteroatoms. The number of nitrogens with two attached hydrogens (primary N) is 1. The summed E-state index contributed by atoms with van der Waals surface area (Å²) in [5.41, 5.74) is 5.34. The van der Waals surface area contributed by atoms with Crippen molar-refractivity contribution >= 4 is 11.7 Å². The van der Waals surface area contributed by atoms with E-state index in [0.717, 1.165) is 6.42 Å². The molecule has 1 rings (SSSR count). The molecule has 1 heterocycles. The van der Waals surface area contributed by atoms with Crippen molar-refractivity contribution in [2.75, 3.05) is 11.9 Å². The van der Waals surface area contributed by atoms with E-state index in [4.69, 9.17) is 5.73 Å². The van der Waals surface area contributed by atoms with Crippen LogP contribution in [0.3, 0.4) is 0 Å². The van der Waals surface area contributed by atoms with Crippen molar-refractivity contribution in [3.63, 3.8) is 0 Å². The van der Waals surface area contributed by atoms with Crippen LogP contribution in [0.2, 0.25) is 0 Å². The number of rotatable bonds is 6. The van der Waals surface area contributed by atoms with Crippen LogP contribution in [0, 0.1) is 11.8 Å². The van der Waals surface area contributed by atoms with Crippen LogP contribution in [0.5, 0.6) is 0 Å². The molecule has 100 valence electrons. The molecular formula is C12H20N4O2. The fraction of sp³-hybridized carbons (Fsp3) is 0.583. The van der Waals surface area contributed by atoms with E-state index in [1.54, 1.807) is 0 Å². The molecular weight excluding hydrogens is 232 g/mol. The van der Waals surface area contributed by atoms with Crippen LogP contribution in [0.15, 0.2) is 16.9 Å². The summed E-state index contributed by atoms with van der Waals surface area (Å²) in [6.45, 7) is 4.69. The number of nitrogens with one attached hydrogen (secondary N) is 2. The number of hydrogen-bond donors (Lipinski definition) is 3. The van der Waals surface area contributed by atoms with Gasteiger partial charge in [0.05, 0.1) is 0 Å². The average molecular weight is 252 g/mol. The highest BCUT2D eigenvalue weighted by molar-refractivity contribution is 5.89. The van der Waals surface area contributed by atoms with Crippen molar-refractivity contribution in [1.29, 1.82) is 0 Å². The number of aromatic amines is 1. The average Bonchev–Trinajstić information content (AvgIpc) is 2.30. The van der Waals surface area contributed by atoms with Gasteiger partial charge in [0, 0.05) is 12.5 Å². The number of hydrogen-bond acceptors (Lipinski definition) is 4. The maximum Gasteiger partial charge on any atom is 0.264 e. The summed E-state index contributed by atoms with van der Waals surface area (Å²) < 4.78 is 0. The second kappa shape index (κ2) is 6.90. The van der Waals surface area contributed by atoms with Gasteiger partial charge in [0.25, 0.3) is 5.56 Å². The third-order valence-electron chi connectivity index (χ3n) is 2.56. The van der Waals surface area contributed by atoms with Gasteiger partial charge in [0.15, 0.2) is 5.82 Å². The Kier molecular flexibility index (Phi) is 5.51. The number of anilines is 1. The van der Waals surface area contributed by atoms with Gasteiger partial charge in [-0.2, -0.15) is 5.10 Å². The van der Waals surface area contributed by atoms with E-state index < -0.39 is 0 Å². The van der Waals surface area contributed by atoms with Crippen molar-refractivity contribution < 1.29 is 4.79 Å². The molecule has 0 radical (unpaired) electrons. The third-order valence-corrected chi connectivity index (χ3v) is 2.56. The first kappa shape index (κ1) is 14.4. The Morgan fingerprint density at radius 3 is 2.72 bits per heavy atom. The van der Waals surface area contributed by atoms with Gasteiger partial charge in [-0.15, -0.1) is 0 Å². The van der Waals surface area contributed by atoms with Gasteiger partial charge in [0.2, 0.25) is 5.91 Å². The first-order valence-corrected chi connectivity index (χ1v) is 6.07. The van der Waals surface area contributed by atoms with E-state index in [0.29, 0.717) is 24.7 Å². The fourth-order valence-corrected chi connectivity index (χ4v) is 1.80. The highest BCUT2D eigenvalue weighted by Crippen LogP contribution is 2.14. The summed E-state index contributed by atoms with van der Waals surface area (Å²) in [5, 5.41) is 8.60. The number of nitrogens with zero attached hydrogens (tertiary/aromatic N) is 1. The minimum Gasteiger partial charge on any atom is -0.330 e. The largest absolute Gasteiger partial charge is 0.330 e.